The van der Waals surface area contributed by atoms with Gasteiger partial charge in [-0.2, -0.15) is 0 Å². The molecule has 0 bridgehead atoms. The van der Waals surface area contributed by atoms with Crippen LogP contribution in [0.15, 0.2) is 17.6 Å². The third-order valence-corrected chi connectivity index (χ3v) is 4.87. The highest BCUT2D eigenvalue weighted by Gasteiger charge is 2.24. The highest BCUT2D eigenvalue weighted by Crippen LogP contribution is 2.27. The van der Waals surface area contributed by atoms with Gasteiger partial charge in [-0.3, -0.25) is 0 Å². The fourth-order valence-corrected chi connectivity index (χ4v) is 3.33. The van der Waals surface area contributed by atoms with Crippen LogP contribution in [0.4, 0.5) is 0 Å². The van der Waals surface area contributed by atoms with Crippen molar-refractivity contribution in [3.05, 3.63) is 17.3 Å². The maximum Gasteiger partial charge on any atom is 0.352 e. The molecule has 0 atom stereocenters. The standard InChI is InChI=1S/C14H16N4O2S2/c1-21-14-15-7-9(8-16-14)11-12(22-18-17-11)13(19)20-10-5-3-2-4-6-10/h7-8,10H,2-6H2,1H3. The molecule has 1 aliphatic rings. The Kier molecular flexibility index (Phi) is 4.99. The molecule has 0 aliphatic heterocycles. The molecule has 1 saturated carbocycles. The van der Waals surface area contributed by atoms with Crippen LogP contribution in [0.25, 0.3) is 11.3 Å². The van der Waals surface area contributed by atoms with Crippen molar-refractivity contribution in [2.45, 2.75) is 43.4 Å². The van der Waals surface area contributed by atoms with E-state index in [-0.39, 0.29) is 12.1 Å². The molecular formula is C14H16N4O2S2. The number of esters is 1. The van der Waals surface area contributed by atoms with Crippen LogP contribution in [-0.4, -0.2) is 37.9 Å². The molecule has 0 radical (unpaired) electrons. The fraction of sp³-hybridized carbons (Fsp3) is 0.500. The second kappa shape index (κ2) is 7.15. The number of hydrogen-bond acceptors (Lipinski definition) is 8. The first-order valence-corrected chi connectivity index (χ1v) is 9.17. The van der Waals surface area contributed by atoms with Gasteiger partial charge in [0.25, 0.3) is 0 Å². The van der Waals surface area contributed by atoms with E-state index in [4.69, 9.17) is 4.74 Å². The van der Waals surface area contributed by atoms with Crippen LogP contribution in [0.3, 0.4) is 0 Å². The van der Waals surface area contributed by atoms with Crippen LogP contribution in [0.5, 0.6) is 0 Å². The van der Waals surface area contributed by atoms with Crippen molar-refractivity contribution in [1.82, 2.24) is 19.6 Å². The number of nitrogens with zero attached hydrogens (tertiary/aromatic N) is 4. The van der Waals surface area contributed by atoms with E-state index >= 15 is 0 Å². The minimum absolute atomic E-state index is 0.0197. The van der Waals surface area contributed by atoms with Crippen molar-refractivity contribution < 1.29 is 9.53 Å². The summed E-state index contributed by atoms with van der Waals surface area (Å²) in [5.74, 6) is -0.342. The monoisotopic (exact) mass is 336 g/mol. The second-order valence-electron chi connectivity index (χ2n) is 5.07. The highest BCUT2D eigenvalue weighted by atomic mass is 32.2. The van der Waals surface area contributed by atoms with Crippen molar-refractivity contribution in [3.8, 4) is 11.3 Å². The number of carbonyl (C=O) groups is 1. The van der Waals surface area contributed by atoms with E-state index in [1.165, 1.54) is 18.2 Å². The quantitative estimate of drug-likeness (QED) is 0.482. The molecule has 6 nitrogen and oxygen atoms in total. The van der Waals surface area contributed by atoms with Gasteiger partial charge in [0.05, 0.1) is 0 Å². The van der Waals surface area contributed by atoms with Gasteiger partial charge in [0.2, 0.25) is 0 Å². The smallest absolute Gasteiger partial charge is 0.352 e. The summed E-state index contributed by atoms with van der Waals surface area (Å²) >= 11 is 2.52. The molecule has 2 aromatic rings. The Labute approximate surface area is 136 Å². The molecule has 0 N–H and O–H groups in total. The molecular weight excluding hydrogens is 320 g/mol. The first kappa shape index (κ1) is 15.4. The molecule has 1 aliphatic carbocycles. The molecule has 0 saturated heterocycles. The molecule has 116 valence electrons. The van der Waals surface area contributed by atoms with Crippen LogP contribution < -0.4 is 0 Å². The summed E-state index contributed by atoms with van der Waals surface area (Å²) in [4.78, 5) is 21.2. The fourth-order valence-electron chi connectivity index (χ4n) is 2.45. The predicted octanol–water partition coefficient (Wildman–Crippen LogP) is 3.21. The first-order chi connectivity index (χ1) is 10.8. The van der Waals surface area contributed by atoms with Gasteiger partial charge < -0.3 is 4.74 Å². The van der Waals surface area contributed by atoms with Gasteiger partial charge in [-0.1, -0.05) is 22.7 Å². The lowest BCUT2D eigenvalue weighted by Gasteiger charge is -2.21. The Hall–Kier alpha value is -1.54. The number of rotatable bonds is 4. The first-order valence-electron chi connectivity index (χ1n) is 7.17. The zero-order valence-electron chi connectivity index (χ0n) is 12.2. The average Bonchev–Trinajstić information content (AvgIpc) is 3.05. The van der Waals surface area contributed by atoms with Crippen molar-refractivity contribution in [2.24, 2.45) is 0 Å². The zero-order valence-corrected chi connectivity index (χ0v) is 13.8. The van der Waals surface area contributed by atoms with Gasteiger partial charge in [0, 0.05) is 18.0 Å². The number of aromatic nitrogens is 4. The van der Waals surface area contributed by atoms with E-state index in [1.54, 1.807) is 12.4 Å². The summed E-state index contributed by atoms with van der Waals surface area (Å²) in [5, 5.41) is 4.72. The number of thioether (sulfide) groups is 1. The predicted molar refractivity (Wildman–Crippen MR) is 85.0 cm³/mol. The summed E-state index contributed by atoms with van der Waals surface area (Å²) in [7, 11) is 0. The lowest BCUT2D eigenvalue weighted by atomic mass is 9.98. The van der Waals surface area contributed by atoms with E-state index in [9.17, 15) is 4.79 Å². The molecule has 3 rings (SSSR count). The van der Waals surface area contributed by atoms with Crippen molar-refractivity contribution in [3.63, 3.8) is 0 Å². The lowest BCUT2D eigenvalue weighted by molar-refractivity contribution is 0.0217. The van der Waals surface area contributed by atoms with Crippen LogP contribution in [0, 0.1) is 0 Å². The van der Waals surface area contributed by atoms with Crippen LogP contribution >= 0.6 is 23.3 Å². The molecule has 0 spiro atoms. The van der Waals surface area contributed by atoms with Crippen molar-refractivity contribution >= 4 is 29.3 Å². The summed E-state index contributed by atoms with van der Waals surface area (Å²) in [6.07, 6.45) is 10.6. The van der Waals surface area contributed by atoms with E-state index in [1.807, 2.05) is 6.26 Å². The van der Waals surface area contributed by atoms with Crippen LogP contribution in [0.1, 0.15) is 41.8 Å². The molecule has 0 amide bonds. The molecule has 2 aromatic heterocycles. The second-order valence-corrected chi connectivity index (χ2v) is 6.60. The molecule has 0 aromatic carbocycles. The summed E-state index contributed by atoms with van der Waals surface area (Å²) < 4.78 is 9.47. The Morgan fingerprint density at radius 1 is 1.27 bits per heavy atom. The van der Waals surface area contributed by atoms with Gasteiger partial charge in [0.15, 0.2) is 10.0 Å². The maximum atomic E-state index is 12.4. The maximum absolute atomic E-state index is 12.4. The lowest BCUT2D eigenvalue weighted by Crippen LogP contribution is -2.20. The minimum Gasteiger partial charge on any atom is -0.458 e. The van der Waals surface area contributed by atoms with Gasteiger partial charge in [-0.15, -0.1) is 5.10 Å². The Morgan fingerprint density at radius 2 is 2.00 bits per heavy atom. The summed E-state index contributed by atoms with van der Waals surface area (Å²) in [6, 6.07) is 0. The van der Waals surface area contributed by atoms with Gasteiger partial charge in [-0.25, -0.2) is 14.8 Å². The zero-order chi connectivity index (χ0) is 15.4. The minimum atomic E-state index is -0.342. The topological polar surface area (TPSA) is 77.9 Å². The number of hydrogen-bond donors (Lipinski definition) is 0. The van der Waals surface area contributed by atoms with Crippen LogP contribution in [0.2, 0.25) is 0 Å². The van der Waals surface area contributed by atoms with Gasteiger partial charge >= 0.3 is 5.97 Å². The molecule has 22 heavy (non-hydrogen) atoms. The largest absolute Gasteiger partial charge is 0.458 e. The summed E-state index contributed by atoms with van der Waals surface area (Å²) in [6.45, 7) is 0. The summed E-state index contributed by atoms with van der Waals surface area (Å²) in [5.41, 5.74) is 1.18. The highest BCUT2D eigenvalue weighted by molar-refractivity contribution is 7.98. The molecule has 1 fully saturated rings. The normalized spacial score (nSPS) is 15.7. The van der Waals surface area contributed by atoms with Crippen LogP contribution in [-0.2, 0) is 4.74 Å². The van der Waals surface area contributed by atoms with Gasteiger partial charge in [-0.05, 0) is 43.5 Å². The molecule has 0 unspecified atom stereocenters. The Bertz CT molecular complexity index is 639. The average molecular weight is 336 g/mol. The Morgan fingerprint density at radius 3 is 2.68 bits per heavy atom. The van der Waals surface area contributed by atoms with E-state index in [0.29, 0.717) is 21.3 Å². The number of ether oxygens (including phenoxy) is 1. The van der Waals surface area contributed by atoms with E-state index in [2.05, 4.69) is 19.6 Å². The van der Waals surface area contributed by atoms with E-state index < -0.39 is 0 Å². The van der Waals surface area contributed by atoms with Gasteiger partial charge in [0.1, 0.15) is 11.8 Å². The third kappa shape index (κ3) is 3.44. The van der Waals surface area contributed by atoms with Crippen molar-refractivity contribution in [1.29, 1.82) is 0 Å². The SMILES string of the molecule is CSc1ncc(-c2nnsc2C(=O)OC2CCCCC2)cn1. The molecule has 8 heteroatoms. The third-order valence-electron chi connectivity index (χ3n) is 3.58. The molecule has 2 heterocycles. The van der Waals surface area contributed by atoms with Crippen molar-refractivity contribution in [2.75, 3.05) is 6.26 Å². The number of carbonyl (C=O) groups excluding carboxylic acids is 1. The van der Waals surface area contributed by atoms with E-state index in [0.717, 1.165) is 37.2 Å². The Balaban J connectivity index is 1.76.